The number of nitrogens with one attached hydrogen (secondary N) is 1. The molecule has 19 heavy (non-hydrogen) atoms. The zero-order valence-electron chi connectivity index (χ0n) is 11.5. The third-order valence-corrected chi connectivity index (χ3v) is 3.45. The summed E-state index contributed by atoms with van der Waals surface area (Å²) in [4.78, 5) is 4.36. The van der Waals surface area contributed by atoms with E-state index in [0.717, 1.165) is 11.3 Å². The number of aromatic nitrogens is 1. The fourth-order valence-electron chi connectivity index (χ4n) is 2.39. The van der Waals surface area contributed by atoms with Gasteiger partial charge >= 0.3 is 0 Å². The van der Waals surface area contributed by atoms with Crippen molar-refractivity contribution in [2.75, 3.05) is 7.05 Å². The Labute approximate surface area is 113 Å². The molecule has 100 valence electrons. The quantitative estimate of drug-likeness (QED) is 0.906. The largest absolute Gasteiger partial charge is 0.312 e. The van der Waals surface area contributed by atoms with Gasteiger partial charge in [-0.25, -0.2) is 4.39 Å². The van der Waals surface area contributed by atoms with Crippen molar-refractivity contribution >= 4 is 0 Å². The van der Waals surface area contributed by atoms with E-state index in [4.69, 9.17) is 0 Å². The number of benzene rings is 1. The van der Waals surface area contributed by atoms with Crippen LogP contribution in [0.5, 0.6) is 0 Å². The average molecular weight is 258 g/mol. The first-order chi connectivity index (χ1) is 9.13. The molecule has 2 aromatic rings. The Kier molecular flexibility index (Phi) is 4.27. The fraction of sp³-hybridized carbons (Fsp3) is 0.312. The number of nitrogens with zero attached hydrogens (tertiary/aromatic N) is 1. The molecule has 0 aliphatic heterocycles. The zero-order valence-corrected chi connectivity index (χ0v) is 11.5. The predicted molar refractivity (Wildman–Crippen MR) is 75.6 cm³/mol. The van der Waals surface area contributed by atoms with Gasteiger partial charge in [-0.1, -0.05) is 30.7 Å². The van der Waals surface area contributed by atoms with Crippen LogP contribution in [0.1, 0.15) is 35.7 Å². The molecule has 1 aromatic heterocycles. The summed E-state index contributed by atoms with van der Waals surface area (Å²) in [6, 6.07) is 10.9. The van der Waals surface area contributed by atoms with Gasteiger partial charge in [0.25, 0.3) is 0 Å². The Balaban J connectivity index is 2.37. The van der Waals surface area contributed by atoms with Crippen molar-refractivity contribution < 1.29 is 4.39 Å². The van der Waals surface area contributed by atoms with Crippen LogP contribution in [0.2, 0.25) is 0 Å². The second-order valence-electron chi connectivity index (χ2n) is 4.83. The van der Waals surface area contributed by atoms with Crippen molar-refractivity contribution in [3.05, 3.63) is 65.2 Å². The van der Waals surface area contributed by atoms with E-state index in [-0.39, 0.29) is 17.8 Å². The Bertz CT molecular complexity index is 540. The number of rotatable bonds is 4. The number of hydrogen-bond acceptors (Lipinski definition) is 2. The van der Waals surface area contributed by atoms with Crippen LogP contribution in [-0.4, -0.2) is 12.0 Å². The molecule has 2 nitrogen and oxygen atoms in total. The van der Waals surface area contributed by atoms with Crippen molar-refractivity contribution in [3.8, 4) is 0 Å². The molecule has 0 saturated carbocycles. The van der Waals surface area contributed by atoms with Crippen LogP contribution in [0.4, 0.5) is 4.39 Å². The van der Waals surface area contributed by atoms with E-state index in [9.17, 15) is 4.39 Å². The van der Waals surface area contributed by atoms with Gasteiger partial charge in [-0.2, -0.15) is 0 Å². The van der Waals surface area contributed by atoms with Crippen molar-refractivity contribution in [2.45, 2.75) is 25.8 Å². The summed E-state index contributed by atoms with van der Waals surface area (Å²) in [6.45, 7) is 4.03. The lowest BCUT2D eigenvalue weighted by Crippen LogP contribution is -2.24. The van der Waals surface area contributed by atoms with Crippen LogP contribution in [0.3, 0.4) is 0 Å². The van der Waals surface area contributed by atoms with E-state index in [1.54, 1.807) is 12.3 Å². The topological polar surface area (TPSA) is 24.9 Å². The minimum absolute atomic E-state index is 0.0881. The zero-order chi connectivity index (χ0) is 13.8. The van der Waals surface area contributed by atoms with Gasteiger partial charge in [0.1, 0.15) is 5.82 Å². The molecular weight excluding hydrogens is 239 g/mol. The first-order valence-corrected chi connectivity index (χ1v) is 6.47. The molecule has 2 rings (SSSR count). The average Bonchev–Trinajstić information content (AvgIpc) is 2.44. The SMILES string of the molecule is CNC(c1cc(C)ccc1F)C(C)c1ccccn1. The van der Waals surface area contributed by atoms with Crippen molar-refractivity contribution in [3.63, 3.8) is 0 Å². The Morgan fingerprint density at radius 1 is 1.21 bits per heavy atom. The van der Waals surface area contributed by atoms with Crippen LogP contribution >= 0.6 is 0 Å². The third kappa shape index (κ3) is 2.99. The minimum Gasteiger partial charge on any atom is -0.312 e. The van der Waals surface area contributed by atoms with E-state index in [1.165, 1.54) is 6.07 Å². The normalized spacial score (nSPS) is 14.1. The molecule has 0 fully saturated rings. The van der Waals surface area contributed by atoms with Gasteiger partial charge in [0.15, 0.2) is 0 Å². The molecule has 0 amide bonds. The third-order valence-electron chi connectivity index (χ3n) is 3.45. The molecule has 0 spiro atoms. The standard InChI is InChI=1S/C16H19FN2/c1-11-7-8-14(17)13(10-11)16(18-3)12(2)15-6-4-5-9-19-15/h4-10,12,16,18H,1-3H3. The number of likely N-dealkylation sites (N-methyl/N-ethyl adjacent to an activating group) is 1. The van der Waals surface area contributed by atoms with Gasteiger partial charge in [0.2, 0.25) is 0 Å². The van der Waals surface area contributed by atoms with E-state index < -0.39 is 0 Å². The summed E-state index contributed by atoms with van der Waals surface area (Å²) >= 11 is 0. The highest BCUT2D eigenvalue weighted by Crippen LogP contribution is 2.31. The van der Waals surface area contributed by atoms with E-state index in [0.29, 0.717) is 5.56 Å². The molecule has 0 saturated heterocycles. The van der Waals surface area contributed by atoms with Crippen LogP contribution in [-0.2, 0) is 0 Å². The maximum absolute atomic E-state index is 14.0. The molecule has 0 aliphatic rings. The molecule has 1 aromatic carbocycles. The molecular formula is C16H19FN2. The van der Waals surface area contributed by atoms with Crippen LogP contribution in [0.15, 0.2) is 42.6 Å². The summed E-state index contributed by atoms with van der Waals surface area (Å²) < 4.78 is 14.0. The fourth-order valence-corrected chi connectivity index (χ4v) is 2.39. The smallest absolute Gasteiger partial charge is 0.128 e. The molecule has 1 N–H and O–H groups in total. The Morgan fingerprint density at radius 3 is 2.63 bits per heavy atom. The molecule has 2 unspecified atom stereocenters. The number of aryl methyl sites for hydroxylation is 1. The van der Waals surface area contributed by atoms with E-state index in [2.05, 4.69) is 17.2 Å². The van der Waals surface area contributed by atoms with Crippen LogP contribution < -0.4 is 5.32 Å². The lowest BCUT2D eigenvalue weighted by Gasteiger charge is -2.24. The van der Waals surface area contributed by atoms with E-state index >= 15 is 0 Å². The van der Waals surface area contributed by atoms with Gasteiger partial charge in [-0.05, 0) is 32.2 Å². The second kappa shape index (κ2) is 5.93. The first-order valence-electron chi connectivity index (χ1n) is 6.47. The van der Waals surface area contributed by atoms with Crippen molar-refractivity contribution in [1.82, 2.24) is 10.3 Å². The maximum Gasteiger partial charge on any atom is 0.128 e. The summed E-state index contributed by atoms with van der Waals surface area (Å²) in [5, 5.41) is 3.20. The van der Waals surface area contributed by atoms with Gasteiger partial charge in [-0.15, -0.1) is 0 Å². The van der Waals surface area contributed by atoms with Gasteiger partial charge in [-0.3, -0.25) is 4.98 Å². The minimum atomic E-state index is -0.173. The van der Waals surface area contributed by atoms with Gasteiger partial charge in [0.05, 0.1) is 0 Å². The van der Waals surface area contributed by atoms with Gasteiger partial charge < -0.3 is 5.32 Å². The van der Waals surface area contributed by atoms with Gasteiger partial charge in [0, 0.05) is 29.4 Å². The maximum atomic E-state index is 14.0. The first kappa shape index (κ1) is 13.7. The monoisotopic (exact) mass is 258 g/mol. The molecule has 2 atom stereocenters. The lowest BCUT2D eigenvalue weighted by atomic mass is 9.90. The second-order valence-corrected chi connectivity index (χ2v) is 4.83. The summed E-state index contributed by atoms with van der Waals surface area (Å²) in [5.41, 5.74) is 2.72. The van der Waals surface area contributed by atoms with Crippen LogP contribution in [0, 0.1) is 12.7 Å². The molecule has 3 heteroatoms. The highest BCUT2D eigenvalue weighted by atomic mass is 19.1. The Hall–Kier alpha value is -1.74. The van der Waals surface area contributed by atoms with Crippen LogP contribution in [0.25, 0.3) is 0 Å². The Morgan fingerprint density at radius 2 is 2.00 bits per heavy atom. The lowest BCUT2D eigenvalue weighted by molar-refractivity contribution is 0.471. The van der Waals surface area contributed by atoms with Crippen molar-refractivity contribution in [2.24, 2.45) is 0 Å². The number of pyridine rings is 1. The number of halogens is 1. The van der Waals surface area contributed by atoms with Crippen molar-refractivity contribution in [1.29, 1.82) is 0 Å². The number of hydrogen-bond donors (Lipinski definition) is 1. The highest BCUT2D eigenvalue weighted by Gasteiger charge is 2.22. The highest BCUT2D eigenvalue weighted by molar-refractivity contribution is 5.29. The molecule has 0 bridgehead atoms. The summed E-state index contributed by atoms with van der Waals surface area (Å²) in [5.74, 6) is -0.0739. The van der Waals surface area contributed by atoms with E-state index in [1.807, 2.05) is 38.2 Å². The molecule has 1 heterocycles. The predicted octanol–water partition coefficient (Wildman–Crippen LogP) is 3.59. The molecule has 0 aliphatic carbocycles. The summed E-state index contributed by atoms with van der Waals surface area (Å²) in [7, 11) is 1.85. The molecule has 0 radical (unpaired) electrons. The summed E-state index contributed by atoms with van der Waals surface area (Å²) in [6.07, 6.45) is 1.77.